The van der Waals surface area contributed by atoms with Crippen LogP contribution < -0.4 is 15.4 Å². The molecule has 1 aliphatic rings. The summed E-state index contributed by atoms with van der Waals surface area (Å²) in [4.78, 5) is 22.3. The van der Waals surface area contributed by atoms with E-state index in [1.54, 1.807) is 0 Å². The number of anilines is 2. The molecule has 2 aromatic rings. The molecule has 1 unspecified atom stereocenters. The number of nitrogens with one attached hydrogen (secondary N) is 2. The number of amides is 2. The molecule has 0 aliphatic carbocycles. The van der Waals surface area contributed by atoms with Crippen LogP contribution in [0, 0.1) is 18.3 Å². The molecule has 1 aliphatic heterocycles. The van der Waals surface area contributed by atoms with Crippen molar-refractivity contribution in [2.24, 2.45) is 0 Å². The number of aromatic nitrogens is 2. The van der Waals surface area contributed by atoms with Crippen LogP contribution in [0.15, 0.2) is 30.6 Å². The van der Waals surface area contributed by atoms with Crippen LogP contribution in [0.25, 0.3) is 0 Å². The standard InChI is InChI=1S/C19H22N6O3.C2H6/c1-13-3-4-17(28-12-15-11-25(2)5-6-27-15)16(7-13)23-19(26)24-18-10-21-14(8-20)9-22-18;1-2/h3-4,7,9-10,15H,5-6,11-12H2,1-2H3,(H2,22,23,24,26);1-2H3. The number of morpholine rings is 1. The molecule has 30 heavy (non-hydrogen) atoms. The van der Waals surface area contributed by atoms with E-state index in [2.05, 4.69) is 25.5 Å². The van der Waals surface area contributed by atoms with Crippen LogP contribution in [0.3, 0.4) is 0 Å². The second-order valence-corrected chi connectivity index (χ2v) is 6.54. The van der Waals surface area contributed by atoms with Crippen LogP contribution in [0.2, 0.25) is 0 Å². The van der Waals surface area contributed by atoms with Gasteiger partial charge in [-0.1, -0.05) is 19.9 Å². The first-order valence-electron chi connectivity index (χ1n) is 9.87. The van der Waals surface area contributed by atoms with Gasteiger partial charge in [0.25, 0.3) is 0 Å². The van der Waals surface area contributed by atoms with E-state index in [4.69, 9.17) is 14.7 Å². The number of hydrogen-bond acceptors (Lipinski definition) is 7. The Hall–Kier alpha value is -3.22. The lowest BCUT2D eigenvalue weighted by Crippen LogP contribution is -2.42. The highest BCUT2D eigenvalue weighted by atomic mass is 16.5. The number of nitriles is 1. The number of carbonyl (C=O) groups excluding carboxylic acids is 1. The molecule has 9 nitrogen and oxygen atoms in total. The maximum Gasteiger partial charge on any atom is 0.324 e. The van der Waals surface area contributed by atoms with Crippen molar-refractivity contribution in [1.29, 1.82) is 5.26 Å². The molecule has 0 bridgehead atoms. The van der Waals surface area contributed by atoms with Gasteiger partial charge in [0.1, 0.15) is 24.5 Å². The summed E-state index contributed by atoms with van der Waals surface area (Å²) in [6, 6.07) is 6.95. The zero-order valence-electron chi connectivity index (χ0n) is 17.8. The number of likely N-dealkylation sites (N-methyl/N-ethyl adjacent to an activating group) is 1. The number of benzene rings is 1. The number of carbonyl (C=O) groups is 1. The van der Waals surface area contributed by atoms with Gasteiger partial charge >= 0.3 is 6.03 Å². The molecule has 0 radical (unpaired) electrons. The number of ether oxygens (including phenoxy) is 2. The van der Waals surface area contributed by atoms with Crippen LogP contribution in [0.1, 0.15) is 25.1 Å². The molecule has 1 aromatic carbocycles. The molecular weight excluding hydrogens is 384 g/mol. The van der Waals surface area contributed by atoms with E-state index < -0.39 is 6.03 Å². The van der Waals surface area contributed by atoms with Gasteiger partial charge in [-0.15, -0.1) is 0 Å². The van der Waals surface area contributed by atoms with Crippen molar-refractivity contribution in [3.8, 4) is 11.8 Å². The van der Waals surface area contributed by atoms with Crippen molar-refractivity contribution in [1.82, 2.24) is 14.9 Å². The first kappa shape index (κ1) is 23.1. The highest BCUT2D eigenvalue weighted by Crippen LogP contribution is 2.26. The molecule has 2 amide bonds. The first-order chi connectivity index (χ1) is 14.5. The lowest BCUT2D eigenvalue weighted by atomic mass is 10.2. The summed E-state index contributed by atoms with van der Waals surface area (Å²) < 4.78 is 11.6. The quantitative estimate of drug-likeness (QED) is 0.776. The number of nitrogens with zero attached hydrogens (tertiary/aromatic N) is 4. The minimum atomic E-state index is -0.483. The van der Waals surface area contributed by atoms with Crippen molar-refractivity contribution in [2.45, 2.75) is 26.9 Å². The number of hydrogen-bond donors (Lipinski definition) is 2. The summed E-state index contributed by atoms with van der Waals surface area (Å²) in [5.41, 5.74) is 1.70. The third kappa shape index (κ3) is 6.99. The summed E-state index contributed by atoms with van der Waals surface area (Å²) in [6.45, 7) is 8.71. The normalized spacial score (nSPS) is 15.9. The lowest BCUT2D eigenvalue weighted by molar-refractivity contribution is -0.0402. The molecular formula is C21H28N6O3. The monoisotopic (exact) mass is 412 g/mol. The Kier molecular flexibility index (Phi) is 9.00. The Labute approximate surface area is 177 Å². The Balaban J connectivity index is 0.00000155. The van der Waals surface area contributed by atoms with Crippen LogP contribution >= 0.6 is 0 Å². The summed E-state index contributed by atoms with van der Waals surface area (Å²) in [7, 11) is 2.05. The summed E-state index contributed by atoms with van der Waals surface area (Å²) >= 11 is 0. The predicted octanol–water partition coefficient (Wildman–Crippen LogP) is 3.04. The molecule has 1 saturated heterocycles. The second-order valence-electron chi connectivity index (χ2n) is 6.54. The molecule has 1 fully saturated rings. The van der Waals surface area contributed by atoms with Crippen LogP contribution in [0.5, 0.6) is 5.75 Å². The molecule has 2 heterocycles. The Morgan fingerprint density at radius 3 is 2.80 bits per heavy atom. The smallest absolute Gasteiger partial charge is 0.324 e. The summed E-state index contributed by atoms with van der Waals surface area (Å²) in [6.07, 6.45) is 2.59. The van der Waals surface area contributed by atoms with Gasteiger partial charge in [-0.25, -0.2) is 14.8 Å². The zero-order valence-corrected chi connectivity index (χ0v) is 17.8. The van der Waals surface area contributed by atoms with E-state index in [1.807, 2.05) is 52.1 Å². The molecule has 0 saturated carbocycles. The van der Waals surface area contributed by atoms with Crippen molar-refractivity contribution < 1.29 is 14.3 Å². The van der Waals surface area contributed by atoms with Gasteiger partial charge in [-0.3, -0.25) is 5.32 Å². The fourth-order valence-corrected chi connectivity index (χ4v) is 2.74. The average molecular weight is 412 g/mol. The minimum Gasteiger partial charge on any atom is -0.489 e. The van der Waals surface area contributed by atoms with E-state index in [9.17, 15) is 4.79 Å². The first-order valence-corrected chi connectivity index (χ1v) is 9.87. The molecule has 2 N–H and O–H groups in total. The van der Waals surface area contributed by atoms with E-state index in [0.29, 0.717) is 24.7 Å². The highest BCUT2D eigenvalue weighted by molar-refractivity contribution is 6.00. The maximum absolute atomic E-state index is 12.3. The number of aryl methyl sites for hydroxylation is 1. The molecule has 1 aromatic heterocycles. The van der Waals surface area contributed by atoms with Gasteiger partial charge in [-0.05, 0) is 31.7 Å². The number of urea groups is 1. The maximum atomic E-state index is 12.3. The van der Waals surface area contributed by atoms with E-state index in [-0.39, 0.29) is 17.6 Å². The second kappa shape index (κ2) is 11.7. The van der Waals surface area contributed by atoms with Crippen molar-refractivity contribution in [2.75, 3.05) is 44.0 Å². The highest BCUT2D eigenvalue weighted by Gasteiger charge is 2.19. The Morgan fingerprint density at radius 1 is 1.33 bits per heavy atom. The van der Waals surface area contributed by atoms with Crippen LogP contribution in [-0.2, 0) is 4.74 Å². The predicted molar refractivity (Wildman–Crippen MR) is 115 cm³/mol. The fourth-order valence-electron chi connectivity index (χ4n) is 2.74. The van der Waals surface area contributed by atoms with Crippen molar-refractivity contribution in [3.05, 3.63) is 41.9 Å². The third-order valence-corrected chi connectivity index (χ3v) is 4.16. The minimum absolute atomic E-state index is 0.0179. The zero-order chi connectivity index (χ0) is 21.9. The van der Waals surface area contributed by atoms with Gasteiger partial charge in [0, 0.05) is 13.1 Å². The van der Waals surface area contributed by atoms with E-state index >= 15 is 0 Å². The van der Waals surface area contributed by atoms with Gasteiger partial charge < -0.3 is 19.7 Å². The topological polar surface area (TPSA) is 112 Å². The fraction of sp³-hybridized carbons (Fsp3) is 0.429. The molecule has 9 heteroatoms. The van der Waals surface area contributed by atoms with Crippen molar-refractivity contribution in [3.63, 3.8) is 0 Å². The molecule has 160 valence electrons. The Bertz CT molecular complexity index is 866. The number of rotatable bonds is 5. The van der Waals surface area contributed by atoms with Crippen LogP contribution in [-0.4, -0.2) is 60.4 Å². The van der Waals surface area contributed by atoms with Gasteiger partial charge in [0.05, 0.1) is 24.7 Å². The van der Waals surface area contributed by atoms with Gasteiger partial charge in [0.2, 0.25) is 0 Å². The lowest BCUT2D eigenvalue weighted by Gasteiger charge is -2.30. The van der Waals surface area contributed by atoms with Crippen molar-refractivity contribution >= 4 is 17.5 Å². The summed E-state index contributed by atoms with van der Waals surface area (Å²) in [5.74, 6) is 0.800. The molecule has 3 rings (SSSR count). The third-order valence-electron chi connectivity index (χ3n) is 4.16. The Morgan fingerprint density at radius 2 is 2.13 bits per heavy atom. The largest absolute Gasteiger partial charge is 0.489 e. The summed E-state index contributed by atoms with van der Waals surface area (Å²) in [5, 5.41) is 14.1. The van der Waals surface area contributed by atoms with E-state index in [0.717, 1.165) is 18.7 Å². The molecule has 0 spiro atoms. The van der Waals surface area contributed by atoms with Gasteiger partial charge in [-0.2, -0.15) is 5.26 Å². The average Bonchev–Trinajstić information content (AvgIpc) is 2.75. The molecule has 1 atom stereocenters. The van der Waals surface area contributed by atoms with Gasteiger partial charge in [0.15, 0.2) is 11.5 Å². The van der Waals surface area contributed by atoms with E-state index in [1.165, 1.54) is 12.4 Å². The SMILES string of the molecule is CC.Cc1ccc(OCC2CN(C)CCO2)c(NC(=O)Nc2cnc(C#N)cn2)c1. The van der Waals surface area contributed by atoms with Crippen LogP contribution in [0.4, 0.5) is 16.3 Å².